The molecule has 30 heavy (non-hydrogen) atoms. The molecule has 0 atom stereocenters. The summed E-state index contributed by atoms with van der Waals surface area (Å²) in [5, 5.41) is 6.34. The van der Waals surface area contributed by atoms with Crippen LogP contribution in [-0.4, -0.2) is 68.7 Å². The van der Waals surface area contributed by atoms with Crippen LogP contribution in [-0.2, 0) is 16.6 Å². The molecule has 0 bridgehead atoms. The third-order valence-electron chi connectivity index (χ3n) is 4.91. The molecule has 1 saturated heterocycles. The second-order valence-corrected chi connectivity index (χ2v) is 10.6. The van der Waals surface area contributed by atoms with Crippen LogP contribution in [0.15, 0.2) is 29.3 Å². The number of hydrogen-bond donors (Lipinski definition) is 2. The Kier molecular flexibility index (Phi) is 11.0. The highest BCUT2D eigenvalue weighted by atomic mass is 127. The highest BCUT2D eigenvalue weighted by molar-refractivity contribution is 14.0. The van der Waals surface area contributed by atoms with Crippen molar-refractivity contribution in [1.82, 2.24) is 14.9 Å². The van der Waals surface area contributed by atoms with Crippen molar-refractivity contribution in [3.05, 3.63) is 29.8 Å². The Morgan fingerprint density at radius 3 is 2.67 bits per heavy atom. The Bertz CT molecular complexity index is 782. The molecule has 1 aromatic carbocycles. The van der Waals surface area contributed by atoms with Gasteiger partial charge in [0.1, 0.15) is 5.75 Å². The van der Waals surface area contributed by atoms with Gasteiger partial charge in [0.05, 0.1) is 18.9 Å². The van der Waals surface area contributed by atoms with Gasteiger partial charge in [0.25, 0.3) is 0 Å². The van der Waals surface area contributed by atoms with Crippen molar-refractivity contribution in [1.29, 1.82) is 0 Å². The molecular weight excluding hydrogens is 535 g/mol. The van der Waals surface area contributed by atoms with Crippen LogP contribution in [0.3, 0.4) is 0 Å². The molecule has 1 aliphatic carbocycles. The van der Waals surface area contributed by atoms with Crippen LogP contribution >= 0.6 is 35.7 Å². The summed E-state index contributed by atoms with van der Waals surface area (Å²) >= 11 is 1.80. The molecule has 1 aliphatic heterocycles. The zero-order chi connectivity index (χ0) is 20.5. The summed E-state index contributed by atoms with van der Waals surface area (Å²) in [5.74, 6) is 4.02. The van der Waals surface area contributed by atoms with Gasteiger partial charge >= 0.3 is 0 Å². The van der Waals surface area contributed by atoms with Crippen LogP contribution in [0, 0.1) is 5.92 Å². The van der Waals surface area contributed by atoms with Gasteiger partial charge in [0.2, 0.25) is 10.0 Å². The lowest BCUT2D eigenvalue weighted by Gasteiger charge is -2.25. The van der Waals surface area contributed by atoms with Crippen LogP contribution in [0.5, 0.6) is 5.75 Å². The Balaban J connectivity index is 0.00000320. The average Bonchev–Trinajstić information content (AvgIpc) is 3.56. The van der Waals surface area contributed by atoms with Crippen molar-refractivity contribution in [2.75, 3.05) is 50.0 Å². The van der Waals surface area contributed by atoms with Gasteiger partial charge in [0.15, 0.2) is 5.96 Å². The zero-order valence-corrected chi connectivity index (χ0v) is 21.5. The molecule has 2 fully saturated rings. The van der Waals surface area contributed by atoms with E-state index in [1.165, 1.54) is 12.8 Å². The monoisotopic (exact) mass is 568 g/mol. The fourth-order valence-electron chi connectivity index (χ4n) is 3.03. The number of nitrogens with one attached hydrogen (secondary N) is 2. The average molecular weight is 569 g/mol. The van der Waals surface area contributed by atoms with E-state index in [4.69, 9.17) is 4.74 Å². The van der Waals surface area contributed by atoms with E-state index in [2.05, 4.69) is 15.6 Å². The van der Waals surface area contributed by atoms with E-state index in [1.807, 2.05) is 31.2 Å². The normalized spacial score (nSPS) is 17.8. The molecule has 0 amide bonds. The third-order valence-corrected chi connectivity index (χ3v) is 7.73. The molecule has 0 spiro atoms. The number of rotatable bonds is 10. The van der Waals surface area contributed by atoms with Crippen molar-refractivity contribution in [3.63, 3.8) is 0 Å². The molecule has 2 N–H and O–H groups in total. The molecule has 170 valence electrons. The first kappa shape index (κ1) is 25.5. The van der Waals surface area contributed by atoms with E-state index in [-0.39, 0.29) is 29.7 Å². The van der Waals surface area contributed by atoms with Crippen LogP contribution in [0.25, 0.3) is 0 Å². The van der Waals surface area contributed by atoms with Crippen LogP contribution < -0.4 is 15.4 Å². The van der Waals surface area contributed by atoms with E-state index in [1.54, 1.807) is 16.1 Å². The van der Waals surface area contributed by atoms with Gasteiger partial charge in [-0.1, -0.05) is 18.2 Å². The van der Waals surface area contributed by atoms with Crippen LogP contribution in [0.4, 0.5) is 0 Å². The topological polar surface area (TPSA) is 83.0 Å². The fourth-order valence-corrected chi connectivity index (χ4v) is 5.52. The minimum Gasteiger partial charge on any atom is -0.493 e. The molecule has 2 aliphatic rings. The van der Waals surface area contributed by atoms with E-state index < -0.39 is 10.0 Å². The van der Waals surface area contributed by atoms with Gasteiger partial charge in [-0.2, -0.15) is 11.8 Å². The Hall–Kier alpha value is -0.720. The summed E-state index contributed by atoms with van der Waals surface area (Å²) in [6.07, 6.45) is 2.52. The van der Waals surface area contributed by atoms with Gasteiger partial charge in [-0.3, -0.25) is 0 Å². The molecule has 0 unspecified atom stereocenters. The lowest BCUT2D eigenvalue weighted by molar-refractivity contribution is 0.297. The van der Waals surface area contributed by atoms with Crippen molar-refractivity contribution >= 4 is 51.7 Å². The summed E-state index contributed by atoms with van der Waals surface area (Å²) in [6, 6.07) is 7.96. The Labute approximate surface area is 201 Å². The SMILES string of the molecule is CCNC(=NCc1ccccc1OCC1CC1)NCCS(=O)(=O)N1CCSCC1.I. The standard InChI is InChI=1S/C20H32N4O3S2.HI/c1-2-21-20(22-9-14-29(25,26)24-10-12-28-13-11-24)23-15-18-5-3-4-6-19(18)27-16-17-7-8-17;/h3-6,17H,2,7-16H2,1H3,(H2,21,22,23);1H. The lowest BCUT2D eigenvalue weighted by atomic mass is 10.2. The maximum atomic E-state index is 12.5. The summed E-state index contributed by atoms with van der Waals surface area (Å²) in [5.41, 5.74) is 1.03. The van der Waals surface area contributed by atoms with Gasteiger partial charge in [-0.05, 0) is 31.7 Å². The number of thioether (sulfide) groups is 1. The quantitative estimate of drug-likeness (QED) is 0.257. The van der Waals surface area contributed by atoms with Crippen LogP contribution in [0.2, 0.25) is 0 Å². The smallest absolute Gasteiger partial charge is 0.215 e. The first-order valence-electron chi connectivity index (χ1n) is 10.4. The molecule has 1 heterocycles. The maximum Gasteiger partial charge on any atom is 0.215 e. The second kappa shape index (κ2) is 13.0. The molecule has 0 aromatic heterocycles. The lowest BCUT2D eigenvalue weighted by Crippen LogP contribution is -2.44. The van der Waals surface area contributed by atoms with Crippen molar-refractivity contribution in [3.8, 4) is 5.75 Å². The van der Waals surface area contributed by atoms with Gasteiger partial charge in [0, 0.05) is 43.2 Å². The number of benzene rings is 1. The highest BCUT2D eigenvalue weighted by Crippen LogP contribution is 2.30. The van der Waals surface area contributed by atoms with Crippen molar-refractivity contribution in [2.24, 2.45) is 10.9 Å². The number of hydrogen-bond acceptors (Lipinski definition) is 5. The first-order valence-corrected chi connectivity index (χ1v) is 13.1. The maximum absolute atomic E-state index is 12.5. The Morgan fingerprint density at radius 1 is 1.23 bits per heavy atom. The number of nitrogens with zero attached hydrogens (tertiary/aromatic N) is 2. The van der Waals surface area contributed by atoms with Gasteiger partial charge < -0.3 is 15.4 Å². The molecular formula is C20H33IN4O3S2. The number of para-hydroxylation sites is 1. The minimum atomic E-state index is -3.22. The van der Waals surface area contributed by atoms with Crippen molar-refractivity contribution < 1.29 is 13.2 Å². The number of sulfonamides is 1. The predicted octanol–water partition coefficient (Wildman–Crippen LogP) is 2.53. The zero-order valence-electron chi connectivity index (χ0n) is 17.5. The van der Waals surface area contributed by atoms with Gasteiger partial charge in [-0.25, -0.2) is 17.7 Å². The van der Waals surface area contributed by atoms with Gasteiger partial charge in [-0.15, -0.1) is 24.0 Å². The second-order valence-electron chi connectivity index (χ2n) is 7.31. The van der Waals surface area contributed by atoms with E-state index in [0.717, 1.165) is 29.4 Å². The van der Waals surface area contributed by atoms with E-state index in [9.17, 15) is 8.42 Å². The van der Waals surface area contributed by atoms with E-state index in [0.29, 0.717) is 44.6 Å². The summed E-state index contributed by atoms with van der Waals surface area (Å²) in [4.78, 5) is 4.62. The Morgan fingerprint density at radius 2 is 1.97 bits per heavy atom. The predicted molar refractivity (Wildman–Crippen MR) is 136 cm³/mol. The molecule has 10 heteroatoms. The third kappa shape index (κ3) is 8.43. The van der Waals surface area contributed by atoms with E-state index >= 15 is 0 Å². The summed E-state index contributed by atoms with van der Waals surface area (Å²) in [7, 11) is -3.22. The minimum absolute atomic E-state index is 0. The summed E-state index contributed by atoms with van der Waals surface area (Å²) < 4.78 is 32.5. The first-order chi connectivity index (χ1) is 14.1. The largest absolute Gasteiger partial charge is 0.493 e. The summed E-state index contributed by atoms with van der Waals surface area (Å²) in [6.45, 7) is 5.50. The number of guanidine groups is 1. The molecule has 7 nitrogen and oxygen atoms in total. The molecule has 3 rings (SSSR count). The van der Waals surface area contributed by atoms with Crippen molar-refractivity contribution in [2.45, 2.75) is 26.3 Å². The number of aliphatic imine (C=N–C) groups is 1. The molecule has 0 radical (unpaired) electrons. The molecule has 1 saturated carbocycles. The number of ether oxygens (including phenoxy) is 1. The molecule has 1 aromatic rings. The number of halogens is 1. The highest BCUT2D eigenvalue weighted by Gasteiger charge is 2.24. The fraction of sp³-hybridized carbons (Fsp3) is 0.650. The van der Waals surface area contributed by atoms with Crippen LogP contribution in [0.1, 0.15) is 25.3 Å².